The van der Waals surface area contributed by atoms with Gasteiger partial charge in [-0.15, -0.1) is 0 Å². The van der Waals surface area contributed by atoms with Gasteiger partial charge in [0.15, 0.2) is 11.5 Å². The summed E-state index contributed by atoms with van der Waals surface area (Å²) in [6.45, 7) is 4.64. The maximum Gasteiger partial charge on any atom is 0.163 e. The van der Waals surface area contributed by atoms with E-state index in [1.54, 1.807) is 7.11 Å². The fourth-order valence-corrected chi connectivity index (χ4v) is 2.02. The zero-order chi connectivity index (χ0) is 13.0. The highest BCUT2D eigenvalue weighted by atomic mass is 16.5. The molecule has 2 aromatic carbocycles. The second-order valence-electron chi connectivity index (χ2n) is 4.39. The average Bonchev–Trinajstić information content (AvgIpc) is 2.37. The number of ether oxygens (including phenoxy) is 2. The molecule has 0 spiro atoms. The minimum Gasteiger partial charge on any atom is -0.493 e. The van der Waals surface area contributed by atoms with E-state index in [0.29, 0.717) is 6.61 Å². The third kappa shape index (κ3) is 2.83. The van der Waals surface area contributed by atoms with E-state index in [1.165, 1.54) is 5.56 Å². The van der Waals surface area contributed by atoms with Gasteiger partial charge in [0, 0.05) is 0 Å². The molecule has 0 aliphatic carbocycles. The van der Waals surface area contributed by atoms with Gasteiger partial charge in [0.2, 0.25) is 0 Å². The minimum atomic E-state index is 0.556. The highest BCUT2D eigenvalue weighted by molar-refractivity contribution is 5.48. The molecule has 2 heteroatoms. The van der Waals surface area contributed by atoms with Gasteiger partial charge in [0.1, 0.15) is 6.61 Å². The van der Waals surface area contributed by atoms with E-state index in [2.05, 4.69) is 25.1 Å². The van der Waals surface area contributed by atoms with E-state index in [-0.39, 0.29) is 0 Å². The largest absolute Gasteiger partial charge is 0.493 e. The molecule has 0 heterocycles. The van der Waals surface area contributed by atoms with Crippen molar-refractivity contribution in [1.82, 2.24) is 0 Å². The molecular weight excluding hydrogens is 224 g/mol. The summed E-state index contributed by atoms with van der Waals surface area (Å²) in [5.41, 5.74) is 3.43. The molecule has 0 saturated heterocycles. The van der Waals surface area contributed by atoms with Gasteiger partial charge >= 0.3 is 0 Å². The van der Waals surface area contributed by atoms with E-state index in [4.69, 9.17) is 9.47 Å². The molecule has 0 amide bonds. The summed E-state index contributed by atoms with van der Waals surface area (Å²) in [5.74, 6) is 1.62. The Kier molecular flexibility index (Phi) is 3.88. The summed E-state index contributed by atoms with van der Waals surface area (Å²) in [6.07, 6.45) is 0. The number of benzene rings is 2. The summed E-state index contributed by atoms with van der Waals surface area (Å²) in [5, 5.41) is 0. The summed E-state index contributed by atoms with van der Waals surface area (Å²) in [6, 6.07) is 14.2. The van der Waals surface area contributed by atoms with Crippen molar-refractivity contribution in [3.05, 3.63) is 59.2 Å². The van der Waals surface area contributed by atoms with Crippen LogP contribution in [0, 0.1) is 13.8 Å². The smallest absolute Gasteiger partial charge is 0.163 e. The molecule has 0 unspecified atom stereocenters. The van der Waals surface area contributed by atoms with Crippen molar-refractivity contribution in [1.29, 1.82) is 0 Å². The van der Waals surface area contributed by atoms with Crippen LogP contribution in [0.25, 0.3) is 0 Å². The van der Waals surface area contributed by atoms with Gasteiger partial charge in [-0.2, -0.15) is 0 Å². The predicted octanol–water partition coefficient (Wildman–Crippen LogP) is 3.89. The molecule has 0 aliphatic heterocycles. The summed E-state index contributed by atoms with van der Waals surface area (Å²) >= 11 is 0. The van der Waals surface area contributed by atoms with E-state index in [9.17, 15) is 0 Å². The van der Waals surface area contributed by atoms with Gasteiger partial charge < -0.3 is 9.47 Å². The Balaban J connectivity index is 2.18. The van der Waals surface area contributed by atoms with Crippen molar-refractivity contribution in [2.75, 3.05) is 7.11 Å². The van der Waals surface area contributed by atoms with Gasteiger partial charge in [-0.3, -0.25) is 0 Å². The van der Waals surface area contributed by atoms with Crippen molar-refractivity contribution < 1.29 is 9.47 Å². The van der Waals surface area contributed by atoms with Crippen molar-refractivity contribution in [3.8, 4) is 11.5 Å². The van der Waals surface area contributed by atoms with Gasteiger partial charge in [0.25, 0.3) is 0 Å². The van der Waals surface area contributed by atoms with Crippen LogP contribution in [0.1, 0.15) is 16.7 Å². The molecule has 2 nitrogen and oxygen atoms in total. The highest BCUT2D eigenvalue weighted by Crippen LogP contribution is 2.32. The first-order valence-electron chi connectivity index (χ1n) is 6.02. The Morgan fingerprint density at radius 2 is 1.72 bits per heavy atom. The highest BCUT2D eigenvalue weighted by Gasteiger charge is 2.08. The van der Waals surface area contributed by atoms with Gasteiger partial charge in [-0.25, -0.2) is 0 Å². The molecule has 0 N–H and O–H groups in total. The quantitative estimate of drug-likeness (QED) is 0.809. The molecule has 0 saturated carbocycles. The first kappa shape index (κ1) is 12.5. The summed E-state index contributed by atoms with van der Waals surface area (Å²) in [7, 11) is 1.67. The van der Waals surface area contributed by atoms with Crippen LogP contribution in [-0.2, 0) is 6.61 Å². The van der Waals surface area contributed by atoms with Crippen LogP contribution in [0.3, 0.4) is 0 Å². The lowest BCUT2D eigenvalue weighted by atomic mass is 10.1. The molecule has 94 valence electrons. The Hall–Kier alpha value is -1.96. The number of methoxy groups -OCH3 is 1. The van der Waals surface area contributed by atoms with E-state index in [0.717, 1.165) is 22.6 Å². The van der Waals surface area contributed by atoms with E-state index >= 15 is 0 Å². The number of rotatable bonds is 4. The first-order chi connectivity index (χ1) is 8.70. The maximum atomic E-state index is 5.85. The van der Waals surface area contributed by atoms with Gasteiger partial charge in [-0.05, 0) is 36.6 Å². The molecule has 2 aromatic rings. The molecule has 18 heavy (non-hydrogen) atoms. The van der Waals surface area contributed by atoms with Crippen molar-refractivity contribution in [3.63, 3.8) is 0 Å². The topological polar surface area (TPSA) is 18.5 Å². The Morgan fingerprint density at radius 3 is 2.39 bits per heavy atom. The molecule has 0 fully saturated rings. The maximum absolute atomic E-state index is 5.85. The third-order valence-electron chi connectivity index (χ3n) is 2.83. The van der Waals surface area contributed by atoms with E-state index < -0.39 is 0 Å². The Morgan fingerprint density at radius 1 is 1.00 bits per heavy atom. The lowest BCUT2D eigenvalue weighted by Crippen LogP contribution is -1.99. The standard InChI is InChI=1S/C16H18O2/c1-12-9-13(2)16(17-3)15(10-12)18-11-14-7-5-4-6-8-14/h4-10H,11H2,1-3H3. The molecule has 0 atom stereocenters. The zero-order valence-corrected chi connectivity index (χ0v) is 11.1. The molecule has 2 rings (SSSR count). The second kappa shape index (κ2) is 5.58. The summed E-state index contributed by atoms with van der Waals surface area (Å²) in [4.78, 5) is 0. The lowest BCUT2D eigenvalue weighted by molar-refractivity contribution is 0.283. The Bertz CT molecular complexity index is 518. The van der Waals surface area contributed by atoms with Crippen LogP contribution in [-0.4, -0.2) is 7.11 Å². The number of hydrogen-bond donors (Lipinski definition) is 0. The predicted molar refractivity (Wildman–Crippen MR) is 73.2 cm³/mol. The van der Waals surface area contributed by atoms with Gasteiger partial charge in [0.05, 0.1) is 7.11 Å². The van der Waals surface area contributed by atoms with E-state index in [1.807, 2.05) is 31.2 Å². The first-order valence-corrected chi connectivity index (χ1v) is 6.02. The average molecular weight is 242 g/mol. The number of aryl methyl sites for hydroxylation is 2. The second-order valence-corrected chi connectivity index (χ2v) is 4.39. The monoisotopic (exact) mass is 242 g/mol. The van der Waals surface area contributed by atoms with Crippen LogP contribution in [0.5, 0.6) is 11.5 Å². The van der Waals surface area contributed by atoms with Crippen LogP contribution in [0.2, 0.25) is 0 Å². The molecule has 0 radical (unpaired) electrons. The van der Waals surface area contributed by atoms with Crippen LogP contribution >= 0.6 is 0 Å². The fourth-order valence-electron chi connectivity index (χ4n) is 2.02. The Labute approximate surface area is 108 Å². The van der Waals surface area contributed by atoms with Gasteiger partial charge in [-0.1, -0.05) is 36.4 Å². The third-order valence-corrected chi connectivity index (χ3v) is 2.83. The molecule has 0 aliphatic rings. The fraction of sp³-hybridized carbons (Fsp3) is 0.250. The van der Waals surface area contributed by atoms with Crippen molar-refractivity contribution >= 4 is 0 Å². The molecule has 0 aromatic heterocycles. The van der Waals surface area contributed by atoms with Crippen LogP contribution in [0.4, 0.5) is 0 Å². The van der Waals surface area contributed by atoms with Crippen molar-refractivity contribution in [2.24, 2.45) is 0 Å². The zero-order valence-electron chi connectivity index (χ0n) is 11.1. The number of hydrogen-bond acceptors (Lipinski definition) is 2. The SMILES string of the molecule is COc1c(C)cc(C)cc1OCc1ccccc1. The molecular formula is C16H18O2. The molecule has 0 bridgehead atoms. The normalized spacial score (nSPS) is 10.2. The van der Waals surface area contributed by atoms with Crippen LogP contribution < -0.4 is 9.47 Å². The minimum absolute atomic E-state index is 0.556. The summed E-state index contributed by atoms with van der Waals surface area (Å²) < 4.78 is 11.2. The lowest BCUT2D eigenvalue weighted by Gasteiger charge is -2.14. The van der Waals surface area contributed by atoms with Crippen molar-refractivity contribution in [2.45, 2.75) is 20.5 Å². The van der Waals surface area contributed by atoms with Crippen LogP contribution in [0.15, 0.2) is 42.5 Å².